The van der Waals surface area contributed by atoms with Crippen molar-refractivity contribution >= 4 is 16.6 Å². The van der Waals surface area contributed by atoms with Gasteiger partial charge in [0.15, 0.2) is 5.75 Å². The van der Waals surface area contributed by atoms with Gasteiger partial charge in [-0.05, 0) is 58.8 Å². The Hall–Kier alpha value is -3.35. The number of non-ortho nitro benzene ring substituents is 1. The first-order valence-corrected chi connectivity index (χ1v) is 10.8. The number of aryl methyl sites for hydroxylation is 1. The van der Waals surface area contributed by atoms with Crippen molar-refractivity contribution in [3.05, 3.63) is 73.8 Å². The van der Waals surface area contributed by atoms with Gasteiger partial charge >= 0.3 is 0 Å². The van der Waals surface area contributed by atoms with Crippen molar-refractivity contribution in [3.63, 3.8) is 0 Å². The smallest absolute Gasteiger partial charge is 0.297 e. The predicted molar refractivity (Wildman–Crippen MR) is 128 cm³/mol. The first kappa shape index (κ1) is 24.9. The lowest BCUT2D eigenvalue weighted by molar-refractivity contribution is -0.384. The van der Waals surface area contributed by atoms with Crippen LogP contribution in [0.1, 0.15) is 53.9 Å². The Morgan fingerprint density at radius 3 is 2.50 bits per heavy atom. The van der Waals surface area contributed by atoms with E-state index in [1.807, 2.05) is 32.9 Å². The molecule has 1 aromatic carbocycles. The fourth-order valence-electron chi connectivity index (χ4n) is 3.24. The van der Waals surface area contributed by atoms with Gasteiger partial charge in [-0.1, -0.05) is 24.1 Å². The summed E-state index contributed by atoms with van der Waals surface area (Å²) in [6, 6.07) is 4.37. The molecule has 0 fully saturated rings. The summed E-state index contributed by atoms with van der Waals surface area (Å²) in [7, 11) is 1.57. The molecule has 172 valence electrons. The van der Waals surface area contributed by atoms with Crippen LogP contribution in [0.2, 0.25) is 0 Å². The zero-order valence-electron chi connectivity index (χ0n) is 19.7. The van der Waals surface area contributed by atoms with Crippen LogP contribution < -0.4 is 15.0 Å². The minimum atomic E-state index is -0.485. The summed E-state index contributed by atoms with van der Waals surface area (Å²) >= 11 is 0. The third kappa shape index (κ3) is 6.09. The van der Waals surface area contributed by atoms with E-state index in [0.29, 0.717) is 23.1 Å². The van der Waals surface area contributed by atoms with Gasteiger partial charge in [-0.2, -0.15) is 0 Å². The predicted octanol–water partition coefficient (Wildman–Crippen LogP) is 6.21. The number of nitrogens with zero attached hydrogens (tertiary/aromatic N) is 2. The van der Waals surface area contributed by atoms with Crippen molar-refractivity contribution in [2.45, 2.75) is 53.9 Å². The lowest BCUT2D eigenvalue weighted by Crippen LogP contribution is -2.21. The van der Waals surface area contributed by atoms with Crippen LogP contribution in [0.15, 0.2) is 58.1 Å². The van der Waals surface area contributed by atoms with Gasteiger partial charge in [-0.15, -0.1) is 0 Å². The molecule has 0 saturated carbocycles. The van der Waals surface area contributed by atoms with E-state index in [-0.39, 0.29) is 23.8 Å². The third-order valence-electron chi connectivity index (χ3n) is 5.16. The second-order valence-electron chi connectivity index (χ2n) is 7.87. The number of allylic oxidation sites excluding steroid dienone is 5. The SMILES string of the molecule is CC=C(CC)Oc1c(OC/C=C(\C)CCC=C(C)C)c(=O)n(C)c2cc([N+](=O)[O-])ccc12. The van der Waals surface area contributed by atoms with E-state index in [4.69, 9.17) is 9.47 Å². The Balaban J connectivity index is 2.49. The van der Waals surface area contributed by atoms with Crippen molar-refractivity contribution in [2.24, 2.45) is 7.05 Å². The van der Waals surface area contributed by atoms with E-state index in [1.54, 1.807) is 13.1 Å². The third-order valence-corrected chi connectivity index (χ3v) is 5.16. The summed E-state index contributed by atoms with van der Waals surface area (Å²) < 4.78 is 13.3. The topological polar surface area (TPSA) is 83.6 Å². The maximum Gasteiger partial charge on any atom is 0.297 e. The Labute approximate surface area is 188 Å². The number of nitro benzene ring substituents is 1. The molecule has 2 rings (SSSR count). The van der Waals surface area contributed by atoms with Gasteiger partial charge in [0.25, 0.3) is 11.2 Å². The van der Waals surface area contributed by atoms with Gasteiger partial charge in [0.1, 0.15) is 6.61 Å². The number of fused-ring (bicyclic) bond motifs is 1. The van der Waals surface area contributed by atoms with Gasteiger partial charge in [-0.25, -0.2) is 0 Å². The van der Waals surface area contributed by atoms with Crippen molar-refractivity contribution in [1.29, 1.82) is 0 Å². The van der Waals surface area contributed by atoms with E-state index in [9.17, 15) is 14.9 Å². The molecule has 0 saturated heterocycles. The highest BCUT2D eigenvalue weighted by atomic mass is 16.6. The van der Waals surface area contributed by atoms with E-state index in [1.165, 1.54) is 27.8 Å². The zero-order chi connectivity index (χ0) is 23.8. The Bertz CT molecular complexity index is 1140. The summed E-state index contributed by atoms with van der Waals surface area (Å²) in [5.41, 5.74) is 2.36. The minimum Gasteiger partial charge on any atom is -0.481 e. The summed E-state index contributed by atoms with van der Waals surface area (Å²) in [5.74, 6) is 1.05. The monoisotopic (exact) mass is 440 g/mol. The molecular formula is C25H32N2O5. The molecule has 0 bridgehead atoms. The maximum absolute atomic E-state index is 13.1. The van der Waals surface area contributed by atoms with Crippen LogP contribution >= 0.6 is 0 Å². The normalized spacial score (nSPS) is 12.1. The number of benzene rings is 1. The van der Waals surface area contributed by atoms with Gasteiger partial charge in [-0.3, -0.25) is 14.9 Å². The summed E-state index contributed by atoms with van der Waals surface area (Å²) in [6.45, 7) is 10.2. The highest BCUT2D eigenvalue weighted by Crippen LogP contribution is 2.36. The van der Waals surface area contributed by atoms with Crippen molar-refractivity contribution in [1.82, 2.24) is 4.57 Å². The van der Waals surface area contributed by atoms with Crippen LogP contribution in [0.25, 0.3) is 10.9 Å². The lowest BCUT2D eigenvalue weighted by atomic mass is 10.1. The van der Waals surface area contributed by atoms with E-state index < -0.39 is 10.5 Å². The van der Waals surface area contributed by atoms with E-state index in [0.717, 1.165) is 12.8 Å². The molecule has 0 atom stereocenters. The molecule has 0 spiro atoms. The number of pyridine rings is 1. The molecule has 7 nitrogen and oxygen atoms in total. The van der Waals surface area contributed by atoms with Crippen LogP contribution in [0, 0.1) is 10.1 Å². The largest absolute Gasteiger partial charge is 0.481 e. The van der Waals surface area contributed by atoms with Crippen LogP contribution in [-0.2, 0) is 7.05 Å². The maximum atomic E-state index is 13.1. The molecular weight excluding hydrogens is 408 g/mol. The molecule has 0 radical (unpaired) electrons. The van der Waals surface area contributed by atoms with Crippen LogP contribution in [-0.4, -0.2) is 16.1 Å². The molecule has 1 aromatic heterocycles. The molecule has 2 aromatic rings. The second-order valence-corrected chi connectivity index (χ2v) is 7.87. The van der Waals surface area contributed by atoms with Gasteiger partial charge < -0.3 is 14.0 Å². The lowest BCUT2D eigenvalue weighted by Gasteiger charge is -2.17. The molecule has 0 aliphatic carbocycles. The molecule has 7 heteroatoms. The average molecular weight is 441 g/mol. The number of ether oxygens (including phenoxy) is 2. The summed E-state index contributed by atoms with van der Waals surface area (Å²) in [6.07, 6.45) is 8.46. The first-order valence-electron chi connectivity index (χ1n) is 10.8. The first-order chi connectivity index (χ1) is 15.2. The number of hydrogen-bond acceptors (Lipinski definition) is 5. The zero-order valence-corrected chi connectivity index (χ0v) is 19.7. The van der Waals surface area contributed by atoms with E-state index in [2.05, 4.69) is 19.9 Å². The number of nitro groups is 1. The average Bonchev–Trinajstić information content (AvgIpc) is 2.76. The van der Waals surface area contributed by atoms with Gasteiger partial charge in [0, 0.05) is 31.0 Å². The number of rotatable bonds is 10. The standard InChI is InChI=1S/C25H32N2O5/c1-7-20(8-2)32-23-21-13-12-19(27(29)30)16-22(21)26(6)25(28)24(23)31-15-14-18(5)11-9-10-17(3)4/h7,10,12-14,16H,8-9,11,15H2,1-6H3/b18-14+,20-7?. The van der Waals surface area contributed by atoms with E-state index >= 15 is 0 Å². The van der Waals surface area contributed by atoms with Crippen molar-refractivity contribution < 1.29 is 14.4 Å². The molecule has 0 amide bonds. The quantitative estimate of drug-likeness (QED) is 0.190. The van der Waals surface area contributed by atoms with Gasteiger partial charge in [0.2, 0.25) is 5.75 Å². The molecule has 1 heterocycles. The highest BCUT2D eigenvalue weighted by Gasteiger charge is 2.21. The van der Waals surface area contributed by atoms with Crippen LogP contribution in [0.4, 0.5) is 5.69 Å². The minimum absolute atomic E-state index is 0.0926. The highest BCUT2D eigenvalue weighted by molar-refractivity contribution is 5.89. The van der Waals surface area contributed by atoms with Crippen molar-refractivity contribution in [2.75, 3.05) is 6.61 Å². The Kier molecular flexibility index (Phi) is 8.81. The molecule has 32 heavy (non-hydrogen) atoms. The van der Waals surface area contributed by atoms with Crippen LogP contribution in [0.5, 0.6) is 11.5 Å². The van der Waals surface area contributed by atoms with Gasteiger partial charge in [0.05, 0.1) is 16.2 Å². The molecule has 0 aliphatic rings. The fourth-order valence-corrected chi connectivity index (χ4v) is 3.24. The van der Waals surface area contributed by atoms with Crippen LogP contribution in [0.3, 0.4) is 0 Å². The fraction of sp³-hybridized carbons (Fsp3) is 0.400. The number of aromatic nitrogens is 1. The Morgan fingerprint density at radius 2 is 1.91 bits per heavy atom. The second kappa shape index (κ2) is 11.3. The summed E-state index contributed by atoms with van der Waals surface area (Å²) in [4.78, 5) is 23.8. The Morgan fingerprint density at radius 1 is 1.19 bits per heavy atom. The van der Waals surface area contributed by atoms with Crippen molar-refractivity contribution in [3.8, 4) is 11.5 Å². The summed E-state index contributed by atoms with van der Waals surface area (Å²) in [5, 5.41) is 11.8. The molecule has 0 unspecified atom stereocenters. The molecule has 0 N–H and O–H groups in total. The number of hydrogen-bond donors (Lipinski definition) is 0. The molecule has 0 aliphatic heterocycles.